The highest BCUT2D eigenvalue weighted by molar-refractivity contribution is 7.92. The zero-order valence-corrected chi connectivity index (χ0v) is 23.1. The molecule has 7 nitrogen and oxygen atoms in total. The zero-order chi connectivity index (χ0) is 27.9. The van der Waals surface area contributed by atoms with Crippen LogP contribution in [0.2, 0.25) is 5.02 Å². The van der Waals surface area contributed by atoms with Crippen LogP contribution in [0.25, 0.3) is 0 Å². The molecule has 1 N–H and O–H groups in total. The molecular weight excluding hydrogens is 529 g/mol. The third-order valence-electron chi connectivity index (χ3n) is 5.99. The van der Waals surface area contributed by atoms with Gasteiger partial charge in [0.1, 0.15) is 18.4 Å². The lowest BCUT2D eigenvalue weighted by molar-refractivity contribution is -0.139. The molecule has 0 saturated heterocycles. The maximum atomic E-state index is 13.8. The molecule has 3 rings (SSSR count). The summed E-state index contributed by atoms with van der Waals surface area (Å²) in [6.45, 7) is 5.18. The van der Waals surface area contributed by atoms with E-state index in [9.17, 15) is 22.4 Å². The highest BCUT2D eigenvalue weighted by Gasteiger charge is 2.32. The summed E-state index contributed by atoms with van der Waals surface area (Å²) in [7, 11) is -4.16. The second kappa shape index (κ2) is 12.9. The number of benzene rings is 3. The molecule has 0 saturated carbocycles. The Kier molecular flexibility index (Phi) is 9.88. The number of carbonyl (C=O) groups excluding carboxylic acids is 2. The highest BCUT2D eigenvalue weighted by atomic mass is 35.5. The maximum Gasteiger partial charge on any atom is 0.264 e. The molecule has 0 bridgehead atoms. The van der Waals surface area contributed by atoms with Gasteiger partial charge in [-0.2, -0.15) is 0 Å². The number of hydrogen-bond acceptors (Lipinski definition) is 4. The fraction of sp³-hybridized carbons (Fsp3) is 0.286. The van der Waals surface area contributed by atoms with Crippen molar-refractivity contribution in [2.45, 2.75) is 44.7 Å². The maximum absolute atomic E-state index is 13.8. The first kappa shape index (κ1) is 29.1. The van der Waals surface area contributed by atoms with Crippen LogP contribution in [0.4, 0.5) is 10.1 Å². The Bertz CT molecular complexity index is 1350. The Morgan fingerprint density at radius 2 is 1.58 bits per heavy atom. The quantitative estimate of drug-likeness (QED) is 0.361. The minimum atomic E-state index is -4.16. The normalized spacial score (nSPS) is 12.0. The molecule has 0 unspecified atom stereocenters. The average molecular weight is 560 g/mol. The first-order chi connectivity index (χ1) is 18.0. The molecule has 0 radical (unpaired) electrons. The number of nitrogens with one attached hydrogen (secondary N) is 1. The lowest BCUT2D eigenvalue weighted by Gasteiger charge is -2.32. The van der Waals surface area contributed by atoms with Crippen molar-refractivity contribution in [3.8, 4) is 0 Å². The minimum Gasteiger partial charge on any atom is -0.354 e. The number of hydrogen-bond donors (Lipinski definition) is 1. The summed E-state index contributed by atoms with van der Waals surface area (Å²) >= 11 is 6.03. The molecule has 0 spiro atoms. The molecule has 0 aliphatic carbocycles. The lowest BCUT2D eigenvalue weighted by atomic mass is 10.1. The first-order valence-corrected chi connectivity index (χ1v) is 14.0. The van der Waals surface area contributed by atoms with Crippen molar-refractivity contribution in [3.05, 3.63) is 94.8 Å². The van der Waals surface area contributed by atoms with Crippen LogP contribution in [0.5, 0.6) is 0 Å². The lowest BCUT2D eigenvalue weighted by Crippen LogP contribution is -2.51. The van der Waals surface area contributed by atoms with Crippen LogP contribution in [-0.2, 0) is 26.2 Å². The summed E-state index contributed by atoms with van der Waals surface area (Å²) in [5, 5.41) is 3.18. The van der Waals surface area contributed by atoms with Gasteiger partial charge in [0.2, 0.25) is 11.8 Å². The third kappa shape index (κ3) is 7.33. The highest BCUT2D eigenvalue weighted by Crippen LogP contribution is 2.26. The van der Waals surface area contributed by atoms with Crippen LogP contribution in [0.3, 0.4) is 0 Å². The summed E-state index contributed by atoms with van der Waals surface area (Å²) in [4.78, 5) is 27.9. The van der Waals surface area contributed by atoms with Crippen molar-refractivity contribution in [2.75, 3.05) is 17.4 Å². The molecule has 202 valence electrons. The topological polar surface area (TPSA) is 86.8 Å². The van der Waals surface area contributed by atoms with Crippen LogP contribution >= 0.6 is 11.6 Å². The Morgan fingerprint density at radius 3 is 2.16 bits per heavy atom. The summed E-state index contributed by atoms with van der Waals surface area (Å²) in [6.07, 6.45) is 0.712. The predicted octanol–water partition coefficient (Wildman–Crippen LogP) is 4.93. The molecule has 0 aliphatic rings. The molecule has 0 aromatic heterocycles. The van der Waals surface area contributed by atoms with Gasteiger partial charge in [-0.15, -0.1) is 0 Å². The summed E-state index contributed by atoms with van der Waals surface area (Å²) in [6, 6.07) is 17.1. The molecule has 0 fully saturated rings. The van der Waals surface area contributed by atoms with Crippen molar-refractivity contribution in [1.29, 1.82) is 0 Å². The van der Waals surface area contributed by atoms with Gasteiger partial charge in [0.25, 0.3) is 10.0 Å². The van der Waals surface area contributed by atoms with Gasteiger partial charge >= 0.3 is 0 Å². The van der Waals surface area contributed by atoms with E-state index in [1.54, 1.807) is 19.1 Å². The van der Waals surface area contributed by atoms with Crippen molar-refractivity contribution < 1.29 is 22.4 Å². The second-order valence-corrected chi connectivity index (χ2v) is 11.2. The van der Waals surface area contributed by atoms with Crippen LogP contribution in [0, 0.1) is 12.7 Å². The van der Waals surface area contributed by atoms with Gasteiger partial charge in [0, 0.05) is 18.1 Å². The monoisotopic (exact) mass is 559 g/mol. The van der Waals surface area contributed by atoms with E-state index in [0.717, 1.165) is 9.87 Å². The van der Waals surface area contributed by atoms with E-state index < -0.39 is 34.3 Å². The second-order valence-electron chi connectivity index (χ2n) is 8.92. The van der Waals surface area contributed by atoms with Gasteiger partial charge in [0.15, 0.2) is 0 Å². The third-order valence-corrected chi connectivity index (χ3v) is 8.03. The van der Waals surface area contributed by atoms with Gasteiger partial charge in [0.05, 0.1) is 10.6 Å². The number of aryl methyl sites for hydroxylation is 1. The Labute approximate surface area is 228 Å². The standard InChI is InChI=1S/C28H31ClFN3O4S/c1-4-17-31-28(35)21(3)32(18-22-7-11-24(30)12-8-22)27(34)19-33(25-13-9-23(29)10-14-25)38(36,37)26-15-5-20(2)6-16-26/h5-16,21H,4,17-19H2,1-3H3,(H,31,35)/t21-/m1/s1. The van der Waals surface area contributed by atoms with Crippen molar-refractivity contribution in [1.82, 2.24) is 10.2 Å². The van der Waals surface area contributed by atoms with Gasteiger partial charge in [-0.05, 0) is 74.4 Å². The summed E-state index contributed by atoms with van der Waals surface area (Å²) in [5.74, 6) is -1.40. The number of halogens is 2. The molecule has 38 heavy (non-hydrogen) atoms. The summed E-state index contributed by atoms with van der Waals surface area (Å²) in [5.41, 5.74) is 1.72. The number of carbonyl (C=O) groups is 2. The van der Waals surface area contributed by atoms with Crippen molar-refractivity contribution >= 4 is 39.1 Å². The van der Waals surface area contributed by atoms with Crippen LogP contribution in [0.15, 0.2) is 77.7 Å². The van der Waals surface area contributed by atoms with E-state index in [4.69, 9.17) is 11.6 Å². The Hall–Kier alpha value is -3.43. The van der Waals surface area contributed by atoms with Gasteiger partial charge < -0.3 is 10.2 Å². The van der Waals surface area contributed by atoms with E-state index in [-0.39, 0.29) is 23.0 Å². The molecule has 0 aliphatic heterocycles. The van der Waals surface area contributed by atoms with Crippen molar-refractivity contribution in [2.24, 2.45) is 0 Å². The van der Waals surface area contributed by atoms with Crippen LogP contribution in [0.1, 0.15) is 31.4 Å². The smallest absolute Gasteiger partial charge is 0.264 e. The van der Waals surface area contributed by atoms with Crippen LogP contribution < -0.4 is 9.62 Å². The Morgan fingerprint density at radius 1 is 0.974 bits per heavy atom. The van der Waals surface area contributed by atoms with E-state index in [1.165, 1.54) is 65.6 Å². The van der Waals surface area contributed by atoms with E-state index >= 15 is 0 Å². The number of sulfonamides is 1. The SMILES string of the molecule is CCCNC(=O)[C@@H](C)N(Cc1ccc(F)cc1)C(=O)CN(c1ccc(Cl)cc1)S(=O)(=O)c1ccc(C)cc1. The van der Waals surface area contributed by atoms with Crippen LogP contribution in [-0.4, -0.2) is 44.3 Å². The van der Waals surface area contributed by atoms with E-state index in [0.29, 0.717) is 23.6 Å². The van der Waals surface area contributed by atoms with Gasteiger partial charge in [-0.3, -0.25) is 13.9 Å². The van der Waals surface area contributed by atoms with Gasteiger partial charge in [-0.25, -0.2) is 12.8 Å². The Balaban J connectivity index is 2.00. The predicted molar refractivity (Wildman–Crippen MR) is 147 cm³/mol. The largest absolute Gasteiger partial charge is 0.354 e. The molecular formula is C28H31ClFN3O4S. The molecule has 10 heteroatoms. The molecule has 3 aromatic carbocycles. The van der Waals surface area contributed by atoms with E-state index in [1.807, 2.05) is 13.8 Å². The van der Waals surface area contributed by atoms with Crippen molar-refractivity contribution in [3.63, 3.8) is 0 Å². The molecule has 3 aromatic rings. The fourth-order valence-corrected chi connectivity index (χ4v) is 5.28. The molecule has 1 atom stereocenters. The van der Waals surface area contributed by atoms with Gasteiger partial charge in [-0.1, -0.05) is 48.4 Å². The average Bonchev–Trinajstić information content (AvgIpc) is 2.90. The minimum absolute atomic E-state index is 0.0150. The number of amides is 2. The fourth-order valence-electron chi connectivity index (χ4n) is 3.74. The first-order valence-electron chi connectivity index (χ1n) is 12.2. The zero-order valence-electron chi connectivity index (χ0n) is 21.5. The number of anilines is 1. The molecule has 0 heterocycles. The summed E-state index contributed by atoms with van der Waals surface area (Å²) < 4.78 is 41.9. The number of nitrogens with zero attached hydrogens (tertiary/aromatic N) is 2. The number of rotatable bonds is 11. The molecule has 2 amide bonds. The van der Waals surface area contributed by atoms with E-state index in [2.05, 4.69) is 5.32 Å².